The minimum Gasteiger partial charge on any atom is -0.477 e. The number of amides is 1. The van der Waals surface area contributed by atoms with E-state index in [-0.39, 0.29) is 46.5 Å². The number of nitrogens with two attached hydrogens (primary N) is 1. The summed E-state index contributed by atoms with van der Waals surface area (Å²) >= 11 is 0.679. The Morgan fingerprint density at radius 3 is 2.38 bits per heavy atom. The summed E-state index contributed by atoms with van der Waals surface area (Å²) < 4.78 is 68.1. The van der Waals surface area contributed by atoms with Crippen LogP contribution in [0.15, 0.2) is 22.4 Å². The zero-order chi connectivity index (χ0) is 25.2. The van der Waals surface area contributed by atoms with E-state index >= 15 is 0 Å². The van der Waals surface area contributed by atoms with Gasteiger partial charge in [0.05, 0.1) is 0 Å². The molecule has 0 bridgehead atoms. The number of carbonyl (C=O) groups excluding carboxylic acids is 1. The number of carboxylic acids is 1. The molecule has 1 aliphatic heterocycles. The molecule has 0 aliphatic carbocycles. The molecule has 1 aromatic carbocycles. The predicted octanol–water partition coefficient (Wildman–Crippen LogP) is 2.40. The van der Waals surface area contributed by atoms with Crippen molar-refractivity contribution in [1.82, 2.24) is 9.62 Å². The van der Waals surface area contributed by atoms with Crippen molar-refractivity contribution in [2.24, 2.45) is 5.73 Å². The van der Waals surface area contributed by atoms with E-state index in [1.165, 1.54) is 17.9 Å². The molecule has 4 N–H and O–H groups in total. The first-order valence-electron chi connectivity index (χ1n) is 10.4. The number of benzene rings is 1. The summed E-state index contributed by atoms with van der Waals surface area (Å²) in [5, 5.41) is 9.07. The maximum absolute atomic E-state index is 13.8. The lowest BCUT2D eigenvalue weighted by Gasteiger charge is -2.32. The molecule has 0 unspecified atom stereocenters. The maximum Gasteiger partial charge on any atom is 0.345 e. The molecule has 186 valence electrons. The monoisotopic (exact) mass is 519 g/mol. The number of likely N-dealkylation sites (tertiary alicyclic amines) is 1. The smallest absolute Gasteiger partial charge is 0.345 e. The highest BCUT2D eigenvalue weighted by molar-refractivity contribution is 7.91. The van der Waals surface area contributed by atoms with Crippen molar-refractivity contribution in [3.63, 3.8) is 0 Å². The van der Waals surface area contributed by atoms with Crippen LogP contribution in [0.3, 0.4) is 0 Å². The zero-order valence-electron chi connectivity index (χ0n) is 18.2. The van der Waals surface area contributed by atoms with Gasteiger partial charge in [0.25, 0.3) is 10.0 Å². The number of hydrogen-bond acceptors (Lipinski definition) is 6. The Balaban J connectivity index is 1.53. The Bertz CT molecular complexity index is 1190. The fourth-order valence-corrected chi connectivity index (χ4v) is 6.65. The van der Waals surface area contributed by atoms with Crippen molar-refractivity contribution in [3.8, 4) is 0 Å². The van der Waals surface area contributed by atoms with Crippen LogP contribution in [0.4, 0.5) is 13.2 Å². The molecule has 0 spiro atoms. The molecule has 1 aliphatic rings. The lowest BCUT2D eigenvalue weighted by atomic mass is 10.0. The Labute approximate surface area is 198 Å². The second kappa shape index (κ2) is 10.4. The van der Waals surface area contributed by atoms with E-state index in [9.17, 15) is 31.2 Å². The Morgan fingerprint density at radius 2 is 1.79 bits per heavy atom. The van der Waals surface area contributed by atoms with Gasteiger partial charge in [0, 0.05) is 37.7 Å². The highest BCUT2D eigenvalue weighted by atomic mass is 32.2. The summed E-state index contributed by atoms with van der Waals surface area (Å²) in [6.07, 6.45) is 0.396. The summed E-state index contributed by atoms with van der Waals surface area (Å²) in [7, 11) is -3.92. The van der Waals surface area contributed by atoms with E-state index in [4.69, 9.17) is 10.8 Å². The summed E-state index contributed by atoms with van der Waals surface area (Å²) in [6.45, 7) is 2.05. The summed E-state index contributed by atoms with van der Waals surface area (Å²) in [5.74, 6) is -4.95. The first-order valence-corrected chi connectivity index (χ1v) is 12.7. The first-order chi connectivity index (χ1) is 15.9. The van der Waals surface area contributed by atoms with Gasteiger partial charge >= 0.3 is 5.97 Å². The summed E-state index contributed by atoms with van der Waals surface area (Å²) in [6, 6.07) is 1.22. The zero-order valence-corrected chi connectivity index (χ0v) is 19.8. The van der Waals surface area contributed by atoms with Crippen LogP contribution in [0.2, 0.25) is 0 Å². The SMILES string of the molecule is Cc1cc(C(=O)O)sc1S(=O)(=O)NC1CCN(C(=O)C[C@H](N)Cc2cc(F)c(F)cc2F)CC1. The van der Waals surface area contributed by atoms with Gasteiger partial charge in [0.15, 0.2) is 11.6 Å². The number of sulfonamides is 1. The number of nitrogens with one attached hydrogen (secondary N) is 1. The number of thiophene rings is 1. The average Bonchev–Trinajstić information content (AvgIpc) is 3.15. The summed E-state index contributed by atoms with van der Waals surface area (Å²) in [4.78, 5) is 25.1. The van der Waals surface area contributed by atoms with E-state index in [2.05, 4.69) is 4.72 Å². The van der Waals surface area contributed by atoms with Gasteiger partial charge < -0.3 is 15.7 Å². The van der Waals surface area contributed by atoms with Gasteiger partial charge in [0.2, 0.25) is 5.91 Å². The highest BCUT2D eigenvalue weighted by Gasteiger charge is 2.29. The van der Waals surface area contributed by atoms with Crippen LogP contribution in [0.1, 0.15) is 40.1 Å². The van der Waals surface area contributed by atoms with Gasteiger partial charge in [-0.1, -0.05) is 0 Å². The fourth-order valence-electron chi connectivity index (χ4n) is 3.79. The third-order valence-corrected chi connectivity index (χ3v) is 8.89. The summed E-state index contributed by atoms with van der Waals surface area (Å²) in [5.41, 5.74) is 6.14. The number of aromatic carboxylic acids is 1. The van der Waals surface area contributed by atoms with Crippen molar-refractivity contribution in [2.75, 3.05) is 13.1 Å². The molecule has 1 atom stereocenters. The second-order valence-electron chi connectivity index (χ2n) is 8.19. The molecule has 34 heavy (non-hydrogen) atoms. The van der Waals surface area contributed by atoms with Gasteiger partial charge in [0.1, 0.15) is 14.9 Å². The van der Waals surface area contributed by atoms with E-state index in [1.807, 2.05) is 0 Å². The minimum absolute atomic E-state index is 0.0566. The normalized spacial score (nSPS) is 16.0. The van der Waals surface area contributed by atoms with Crippen LogP contribution >= 0.6 is 11.3 Å². The second-order valence-corrected chi connectivity index (χ2v) is 11.2. The average molecular weight is 520 g/mol. The number of halogens is 3. The van der Waals surface area contributed by atoms with Crippen LogP contribution in [0.5, 0.6) is 0 Å². The molecule has 0 radical (unpaired) electrons. The van der Waals surface area contributed by atoms with Crippen molar-refractivity contribution in [2.45, 2.75) is 48.9 Å². The van der Waals surface area contributed by atoms with Gasteiger partial charge in [-0.05, 0) is 49.4 Å². The van der Waals surface area contributed by atoms with E-state index in [0.717, 1.165) is 6.07 Å². The molecule has 8 nitrogen and oxygen atoms in total. The van der Waals surface area contributed by atoms with Crippen LogP contribution in [0.25, 0.3) is 0 Å². The Hall–Kier alpha value is -2.48. The number of rotatable bonds is 8. The van der Waals surface area contributed by atoms with E-state index in [0.29, 0.717) is 35.8 Å². The molecule has 0 saturated carbocycles. The van der Waals surface area contributed by atoms with Crippen LogP contribution < -0.4 is 10.5 Å². The third kappa shape index (κ3) is 6.14. The molecule has 1 saturated heterocycles. The van der Waals surface area contributed by atoms with Crippen LogP contribution in [-0.2, 0) is 21.2 Å². The maximum atomic E-state index is 13.8. The molecular formula is C21H24F3N3O5S2. The number of aryl methyl sites for hydroxylation is 1. The van der Waals surface area contributed by atoms with E-state index in [1.54, 1.807) is 0 Å². The Kier molecular flexibility index (Phi) is 8.01. The molecule has 2 aromatic rings. The number of hydrogen-bond donors (Lipinski definition) is 3. The number of carboxylic acid groups (broad SMARTS) is 1. The van der Waals surface area contributed by atoms with Gasteiger partial charge in [-0.15, -0.1) is 11.3 Å². The van der Waals surface area contributed by atoms with Gasteiger partial charge in [-0.25, -0.2) is 31.1 Å². The predicted molar refractivity (Wildman–Crippen MR) is 119 cm³/mol. The molecule has 1 aromatic heterocycles. The Morgan fingerprint density at radius 1 is 1.18 bits per heavy atom. The quantitative estimate of drug-likeness (QED) is 0.460. The molecule has 13 heteroatoms. The molecule has 3 rings (SSSR count). The van der Waals surface area contributed by atoms with Crippen molar-refractivity contribution < 1.29 is 36.3 Å². The largest absolute Gasteiger partial charge is 0.477 e. The third-order valence-electron chi connectivity index (χ3n) is 5.50. The number of piperidine rings is 1. The lowest BCUT2D eigenvalue weighted by Crippen LogP contribution is -2.47. The van der Waals surface area contributed by atoms with Crippen molar-refractivity contribution in [1.29, 1.82) is 0 Å². The van der Waals surface area contributed by atoms with Crippen molar-refractivity contribution in [3.05, 3.63) is 51.7 Å². The highest BCUT2D eigenvalue weighted by Crippen LogP contribution is 2.27. The van der Waals surface area contributed by atoms with Gasteiger partial charge in [-0.3, -0.25) is 4.79 Å². The van der Waals surface area contributed by atoms with Crippen LogP contribution in [-0.4, -0.2) is 55.5 Å². The van der Waals surface area contributed by atoms with E-state index < -0.39 is 45.5 Å². The van der Waals surface area contributed by atoms with Crippen LogP contribution in [0, 0.1) is 24.4 Å². The topological polar surface area (TPSA) is 130 Å². The fraction of sp³-hybridized carbons (Fsp3) is 0.429. The number of nitrogens with zero attached hydrogens (tertiary/aromatic N) is 1. The number of carbonyl (C=O) groups is 2. The van der Waals surface area contributed by atoms with Crippen molar-refractivity contribution >= 4 is 33.2 Å². The minimum atomic E-state index is -3.92. The first kappa shape index (κ1) is 26.1. The van der Waals surface area contributed by atoms with Gasteiger partial charge in [-0.2, -0.15) is 0 Å². The standard InChI is InChI=1S/C21H24F3N3O5S2/c1-11-6-18(20(29)30)33-21(11)34(31,32)26-14-2-4-27(5-3-14)19(28)9-13(25)7-12-8-16(23)17(24)10-15(12)22/h6,8,10,13-14,26H,2-5,7,9,25H2,1H3,(H,29,30)/t13-/m1/s1. The lowest BCUT2D eigenvalue weighted by molar-refractivity contribution is -0.132. The molecular weight excluding hydrogens is 495 g/mol. The molecule has 1 fully saturated rings. The molecule has 1 amide bonds. The molecule has 2 heterocycles.